The van der Waals surface area contributed by atoms with Gasteiger partial charge < -0.3 is 19.5 Å². The highest BCUT2D eigenvalue weighted by Gasteiger charge is 2.45. The van der Waals surface area contributed by atoms with E-state index in [9.17, 15) is 19.1 Å². The number of hydrogen-bond donors (Lipinski definition) is 1. The van der Waals surface area contributed by atoms with E-state index in [1.54, 1.807) is 25.3 Å². The Morgan fingerprint density at radius 3 is 2.39 bits per heavy atom. The first-order valence-corrected chi connectivity index (χ1v) is 10.0. The van der Waals surface area contributed by atoms with Gasteiger partial charge in [-0.05, 0) is 47.4 Å². The number of methoxy groups -OCH3 is 2. The van der Waals surface area contributed by atoms with Gasteiger partial charge >= 0.3 is 0 Å². The lowest BCUT2D eigenvalue weighted by Gasteiger charge is -2.25. The summed E-state index contributed by atoms with van der Waals surface area (Å²) in [6.45, 7) is 4.35. The van der Waals surface area contributed by atoms with E-state index in [4.69, 9.17) is 9.47 Å². The second-order valence-electron chi connectivity index (χ2n) is 7.65. The summed E-state index contributed by atoms with van der Waals surface area (Å²) in [5.41, 5.74) is 1.75. The molecule has 0 spiro atoms. The maximum absolute atomic E-state index is 13.5. The number of nitrogens with zero attached hydrogens (tertiary/aromatic N) is 1. The molecule has 1 saturated heterocycles. The summed E-state index contributed by atoms with van der Waals surface area (Å²) in [5.74, 6) is -1.45. The molecule has 0 aliphatic carbocycles. The van der Waals surface area contributed by atoms with Crippen LogP contribution in [0.2, 0.25) is 0 Å². The van der Waals surface area contributed by atoms with Gasteiger partial charge in [-0.3, -0.25) is 9.59 Å². The molecule has 1 heterocycles. The van der Waals surface area contributed by atoms with Crippen molar-refractivity contribution in [2.24, 2.45) is 0 Å². The van der Waals surface area contributed by atoms with Crippen LogP contribution in [0.15, 0.2) is 48.0 Å². The number of halogens is 1. The zero-order valence-electron chi connectivity index (χ0n) is 18.0. The van der Waals surface area contributed by atoms with Gasteiger partial charge in [-0.1, -0.05) is 26.0 Å². The number of benzene rings is 2. The van der Waals surface area contributed by atoms with Gasteiger partial charge in [0.1, 0.15) is 17.3 Å². The molecule has 7 heteroatoms. The third-order valence-electron chi connectivity index (χ3n) is 5.39. The van der Waals surface area contributed by atoms with Gasteiger partial charge in [0, 0.05) is 19.2 Å². The van der Waals surface area contributed by atoms with E-state index in [1.165, 1.54) is 36.3 Å². The van der Waals surface area contributed by atoms with Gasteiger partial charge in [-0.25, -0.2) is 4.39 Å². The minimum Gasteiger partial charge on any atom is -0.507 e. The van der Waals surface area contributed by atoms with E-state index in [-0.39, 0.29) is 30.4 Å². The fourth-order valence-electron chi connectivity index (χ4n) is 3.78. The molecule has 1 atom stereocenters. The van der Waals surface area contributed by atoms with Gasteiger partial charge in [-0.2, -0.15) is 0 Å². The number of aliphatic hydroxyl groups is 1. The molecule has 2 aromatic rings. The number of carbonyl (C=O) groups is 2. The topological polar surface area (TPSA) is 76.1 Å². The largest absolute Gasteiger partial charge is 0.507 e. The summed E-state index contributed by atoms with van der Waals surface area (Å²) in [6.07, 6.45) is 0. The minimum absolute atomic E-state index is 0.0346. The van der Waals surface area contributed by atoms with Crippen molar-refractivity contribution in [3.63, 3.8) is 0 Å². The first-order chi connectivity index (χ1) is 14.8. The molecular formula is C24H26FNO5. The van der Waals surface area contributed by atoms with E-state index >= 15 is 0 Å². The number of Topliss-reactive ketones (excluding diaryl/α,β-unsaturated/α-hetero) is 1. The number of ketones is 1. The zero-order chi connectivity index (χ0) is 22.7. The number of rotatable bonds is 7. The van der Waals surface area contributed by atoms with Crippen LogP contribution in [0.4, 0.5) is 4.39 Å². The summed E-state index contributed by atoms with van der Waals surface area (Å²) in [5, 5.41) is 11.1. The highest BCUT2D eigenvalue weighted by molar-refractivity contribution is 6.46. The number of amides is 1. The predicted octanol–water partition coefficient (Wildman–Crippen LogP) is 4.03. The average Bonchev–Trinajstić information content (AvgIpc) is 3.01. The fourth-order valence-corrected chi connectivity index (χ4v) is 3.78. The van der Waals surface area contributed by atoms with E-state index in [0.29, 0.717) is 16.9 Å². The number of aliphatic hydroxyl groups excluding tert-OH is 1. The lowest BCUT2D eigenvalue weighted by molar-refractivity contribution is -0.140. The van der Waals surface area contributed by atoms with Crippen LogP contribution >= 0.6 is 0 Å². The number of likely N-dealkylation sites (tertiary alicyclic amines) is 1. The molecule has 6 nitrogen and oxygen atoms in total. The molecule has 1 aliphatic heterocycles. The van der Waals surface area contributed by atoms with Crippen LogP contribution in [0.5, 0.6) is 5.75 Å². The molecule has 0 radical (unpaired) electrons. The molecule has 2 aromatic carbocycles. The molecule has 0 bridgehead atoms. The Hall–Kier alpha value is -3.19. The zero-order valence-corrected chi connectivity index (χ0v) is 18.0. The molecule has 1 aliphatic rings. The first-order valence-electron chi connectivity index (χ1n) is 10.0. The molecular weight excluding hydrogens is 401 g/mol. The number of ether oxygens (including phenoxy) is 2. The highest BCUT2D eigenvalue weighted by atomic mass is 19.1. The SMILES string of the molecule is COCCN1C(=O)C(=O)/C(=C(\O)c2ccc(OC)c(C(C)C)c2)C1c1ccc(F)cc1. The van der Waals surface area contributed by atoms with Gasteiger partial charge in [-0.15, -0.1) is 0 Å². The maximum Gasteiger partial charge on any atom is 0.295 e. The van der Waals surface area contributed by atoms with Crippen LogP contribution in [0.3, 0.4) is 0 Å². The molecule has 1 amide bonds. The van der Waals surface area contributed by atoms with Gasteiger partial charge in [0.25, 0.3) is 11.7 Å². The Bertz CT molecular complexity index is 1010. The molecule has 164 valence electrons. The van der Waals surface area contributed by atoms with Crippen molar-refractivity contribution >= 4 is 17.4 Å². The van der Waals surface area contributed by atoms with Gasteiger partial charge in [0.15, 0.2) is 0 Å². The molecule has 3 rings (SSSR count). The van der Waals surface area contributed by atoms with Crippen molar-refractivity contribution in [3.8, 4) is 5.75 Å². The van der Waals surface area contributed by atoms with Crippen LogP contribution < -0.4 is 4.74 Å². The monoisotopic (exact) mass is 427 g/mol. The Kier molecular flexibility index (Phi) is 6.75. The standard InChI is InChI=1S/C24H26FNO5/c1-14(2)18-13-16(7-10-19(18)31-4)22(27)20-21(15-5-8-17(25)9-6-15)26(11-12-30-3)24(29)23(20)28/h5-10,13-14,21,27H,11-12H2,1-4H3/b22-20-. The third kappa shape index (κ3) is 4.32. The summed E-state index contributed by atoms with van der Waals surface area (Å²) in [6, 6.07) is 9.80. The normalized spacial score (nSPS) is 18.1. The Labute approximate surface area is 180 Å². The van der Waals surface area contributed by atoms with Crippen LogP contribution in [0.25, 0.3) is 5.76 Å². The minimum atomic E-state index is -0.847. The fraction of sp³-hybridized carbons (Fsp3) is 0.333. The second-order valence-corrected chi connectivity index (χ2v) is 7.65. The van der Waals surface area contributed by atoms with Crippen molar-refractivity contribution in [1.29, 1.82) is 0 Å². The van der Waals surface area contributed by atoms with Crippen molar-refractivity contribution in [3.05, 3.63) is 70.5 Å². The molecule has 1 unspecified atom stereocenters. The molecule has 1 N–H and O–H groups in total. The maximum atomic E-state index is 13.5. The number of hydrogen-bond acceptors (Lipinski definition) is 5. The van der Waals surface area contributed by atoms with Gasteiger partial charge in [0.05, 0.1) is 25.3 Å². The summed E-state index contributed by atoms with van der Waals surface area (Å²) >= 11 is 0. The lowest BCUT2D eigenvalue weighted by Crippen LogP contribution is -2.32. The van der Waals surface area contributed by atoms with Crippen molar-refractivity contribution in [2.75, 3.05) is 27.4 Å². The summed E-state index contributed by atoms with van der Waals surface area (Å²) in [7, 11) is 3.06. The number of carbonyl (C=O) groups excluding carboxylic acids is 2. The van der Waals surface area contributed by atoms with Crippen LogP contribution in [-0.4, -0.2) is 49.1 Å². The second kappa shape index (κ2) is 9.31. The summed E-state index contributed by atoms with van der Waals surface area (Å²) in [4.78, 5) is 27.0. The lowest BCUT2D eigenvalue weighted by atomic mass is 9.93. The third-order valence-corrected chi connectivity index (χ3v) is 5.39. The van der Waals surface area contributed by atoms with Crippen molar-refractivity contribution in [1.82, 2.24) is 4.90 Å². The predicted molar refractivity (Wildman–Crippen MR) is 114 cm³/mol. The first kappa shape index (κ1) is 22.5. The van der Waals surface area contributed by atoms with Gasteiger partial charge in [0.2, 0.25) is 0 Å². The van der Waals surface area contributed by atoms with Crippen molar-refractivity contribution in [2.45, 2.75) is 25.8 Å². The van der Waals surface area contributed by atoms with E-state index < -0.39 is 23.5 Å². The Morgan fingerprint density at radius 2 is 1.81 bits per heavy atom. The Morgan fingerprint density at radius 1 is 1.13 bits per heavy atom. The van der Waals surface area contributed by atoms with Crippen LogP contribution in [-0.2, 0) is 14.3 Å². The smallest absolute Gasteiger partial charge is 0.295 e. The van der Waals surface area contributed by atoms with E-state index in [0.717, 1.165) is 5.56 Å². The Balaban J connectivity index is 2.18. The van der Waals surface area contributed by atoms with Crippen molar-refractivity contribution < 1.29 is 28.6 Å². The molecule has 1 fully saturated rings. The van der Waals surface area contributed by atoms with Crippen LogP contribution in [0, 0.1) is 5.82 Å². The molecule has 0 aromatic heterocycles. The quantitative estimate of drug-likeness (QED) is 0.410. The summed E-state index contributed by atoms with van der Waals surface area (Å²) < 4.78 is 24.0. The van der Waals surface area contributed by atoms with E-state index in [2.05, 4.69) is 0 Å². The van der Waals surface area contributed by atoms with Crippen LogP contribution in [0.1, 0.15) is 42.5 Å². The average molecular weight is 427 g/mol. The highest BCUT2D eigenvalue weighted by Crippen LogP contribution is 2.40. The molecule has 0 saturated carbocycles. The van der Waals surface area contributed by atoms with E-state index in [1.807, 2.05) is 13.8 Å². The molecule has 31 heavy (non-hydrogen) atoms.